The fourth-order valence-electron chi connectivity index (χ4n) is 3.22. The highest BCUT2D eigenvalue weighted by molar-refractivity contribution is 7.16. The summed E-state index contributed by atoms with van der Waals surface area (Å²) in [5.41, 5.74) is 3.44. The molecule has 1 aliphatic heterocycles. The van der Waals surface area contributed by atoms with Gasteiger partial charge in [-0.05, 0) is 29.5 Å². The summed E-state index contributed by atoms with van der Waals surface area (Å²) in [5, 5.41) is 3.89. The van der Waals surface area contributed by atoms with Crippen molar-refractivity contribution in [2.45, 2.75) is 13.0 Å². The molecule has 1 aliphatic rings. The molecule has 4 nitrogen and oxygen atoms in total. The molecule has 0 amide bonds. The van der Waals surface area contributed by atoms with Crippen LogP contribution in [0, 0.1) is 0 Å². The van der Waals surface area contributed by atoms with E-state index in [1.54, 1.807) is 4.57 Å². The lowest BCUT2D eigenvalue weighted by Crippen LogP contribution is -2.26. The zero-order valence-corrected chi connectivity index (χ0v) is 11.9. The maximum absolute atomic E-state index is 12.6. The van der Waals surface area contributed by atoms with Crippen molar-refractivity contribution < 1.29 is 0 Å². The number of thiophene rings is 1. The van der Waals surface area contributed by atoms with E-state index < -0.39 is 0 Å². The molecule has 0 saturated heterocycles. The van der Waals surface area contributed by atoms with Gasteiger partial charge >= 0.3 is 0 Å². The van der Waals surface area contributed by atoms with Gasteiger partial charge in [-0.1, -0.05) is 18.2 Å². The van der Waals surface area contributed by atoms with E-state index >= 15 is 0 Å². The third kappa shape index (κ3) is 1.39. The van der Waals surface area contributed by atoms with Crippen molar-refractivity contribution in [3.05, 3.63) is 51.6 Å². The Bertz CT molecular complexity index is 1070. The number of H-pyrrole nitrogens is 1. The number of aromatic amines is 1. The number of hydrogen-bond acceptors (Lipinski definition) is 3. The molecule has 4 heterocycles. The van der Waals surface area contributed by atoms with Crippen molar-refractivity contribution in [1.82, 2.24) is 14.5 Å². The maximum atomic E-state index is 12.6. The van der Waals surface area contributed by atoms with Gasteiger partial charge in [0.05, 0.1) is 11.1 Å². The molecule has 0 unspecified atom stereocenters. The molecule has 0 bridgehead atoms. The second-order valence-corrected chi connectivity index (χ2v) is 6.20. The molecule has 0 aliphatic carbocycles. The van der Waals surface area contributed by atoms with Crippen LogP contribution in [0.25, 0.3) is 32.6 Å². The SMILES string of the molecule is O=c1c2ccsc2nc2n1CCc1c-2[nH]c2ccccc12. The zero-order valence-electron chi connectivity index (χ0n) is 11.1. The fourth-order valence-corrected chi connectivity index (χ4v) is 3.98. The average molecular weight is 293 g/mol. The van der Waals surface area contributed by atoms with Gasteiger partial charge in [-0.15, -0.1) is 11.3 Å². The predicted molar refractivity (Wildman–Crippen MR) is 84.9 cm³/mol. The third-order valence-corrected chi connectivity index (χ3v) is 5.01. The number of nitrogens with one attached hydrogen (secondary N) is 1. The first-order chi connectivity index (χ1) is 10.3. The fraction of sp³-hybridized carbons (Fsp3) is 0.125. The summed E-state index contributed by atoms with van der Waals surface area (Å²) < 4.78 is 1.80. The summed E-state index contributed by atoms with van der Waals surface area (Å²) in [7, 11) is 0. The lowest BCUT2D eigenvalue weighted by atomic mass is 10.0. The monoisotopic (exact) mass is 293 g/mol. The van der Waals surface area contributed by atoms with Crippen LogP contribution in [0.3, 0.4) is 0 Å². The van der Waals surface area contributed by atoms with Gasteiger partial charge in [0.1, 0.15) is 4.83 Å². The second kappa shape index (κ2) is 3.83. The van der Waals surface area contributed by atoms with Gasteiger partial charge in [-0.2, -0.15) is 0 Å². The van der Waals surface area contributed by atoms with E-state index in [2.05, 4.69) is 17.1 Å². The van der Waals surface area contributed by atoms with E-state index in [0.717, 1.165) is 33.7 Å². The standard InChI is InChI=1S/C16H11N3OS/c20-16-11-6-8-21-15(11)18-14-13-10(5-7-19(14)16)9-3-1-2-4-12(9)17-13/h1-4,6,8,17H,5,7H2. The van der Waals surface area contributed by atoms with Crippen LogP contribution in [0.5, 0.6) is 0 Å². The summed E-state index contributed by atoms with van der Waals surface area (Å²) in [6.07, 6.45) is 0.865. The van der Waals surface area contributed by atoms with Crippen LogP contribution in [0.4, 0.5) is 0 Å². The van der Waals surface area contributed by atoms with Gasteiger partial charge in [0.2, 0.25) is 0 Å². The highest BCUT2D eigenvalue weighted by Crippen LogP contribution is 2.33. The first-order valence-corrected chi connectivity index (χ1v) is 7.79. The molecule has 1 aromatic carbocycles. The summed E-state index contributed by atoms with van der Waals surface area (Å²) in [4.78, 5) is 21.6. The van der Waals surface area contributed by atoms with E-state index in [9.17, 15) is 4.79 Å². The Kier molecular flexibility index (Phi) is 2.06. The minimum Gasteiger partial charge on any atom is -0.352 e. The number of para-hydroxylation sites is 1. The van der Waals surface area contributed by atoms with Crippen molar-refractivity contribution in [3.8, 4) is 11.5 Å². The molecule has 0 radical (unpaired) electrons. The molecule has 21 heavy (non-hydrogen) atoms. The van der Waals surface area contributed by atoms with Crippen molar-refractivity contribution >= 4 is 32.5 Å². The quantitative estimate of drug-likeness (QED) is 0.541. The van der Waals surface area contributed by atoms with Crippen LogP contribution in [-0.2, 0) is 13.0 Å². The molecular weight excluding hydrogens is 282 g/mol. The summed E-state index contributed by atoms with van der Waals surface area (Å²) in [6.45, 7) is 0.696. The van der Waals surface area contributed by atoms with Crippen molar-refractivity contribution in [1.29, 1.82) is 0 Å². The molecule has 0 spiro atoms. The zero-order chi connectivity index (χ0) is 14.0. The Balaban J connectivity index is 1.94. The Morgan fingerprint density at radius 1 is 1.19 bits per heavy atom. The molecular formula is C16H11N3OS. The van der Waals surface area contributed by atoms with Gasteiger partial charge in [0.25, 0.3) is 5.56 Å². The molecule has 102 valence electrons. The predicted octanol–water partition coefficient (Wildman–Crippen LogP) is 3.16. The number of hydrogen-bond donors (Lipinski definition) is 1. The van der Waals surface area contributed by atoms with Crippen LogP contribution in [-0.4, -0.2) is 14.5 Å². The Morgan fingerprint density at radius 3 is 3.05 bits per heavy atom. The lowest BCUT2D eigenvalue weighted by molar-refractivity contribution is 0.653. The van der Waals surface area contributed by atoms with Crippen molar-refractivity contribution in [3.63, 3.8) is 0 Å². The van der Waals surface area contributed by atoms with Gasteiger partial charge in [0.15, 0.2) is 5.82 Å². The lowest BCUT2D eigenvalue weighted by Gasteiger charge is -2.17. The van der Waals surface area contributed by atoms with E-state index in [-0.39, 0.29) is 5.56 Å². The normalized spacial score (nSPS) is 13.5. The number of nitrogens with zero attached hydrogens (tertiary/aromatic N) is 2. The molecule has 5 heteroatoms. The molecule has 0 atom stereocenters. The minimum absolute atomic E-state index is 0.0700. The summed E-state index contributed by atoms with van der Waals surface area (Å²) in [5.74, 6) is 0.771. The van der Waals surface area contributed by atoms with Crippen LogP contribution in [0.2, 0.25) is 0 Å². The molecule has 5 rings (SSSR count). The second-order valence-electron chi connectivity index (χ2n) is 5.31. The van der Waals surface area contributed by atoms with Gasteiger partial charge in [0, 0.05) is 17.4 Å². The number of benzene rings is 1. The van der Waals surface area contributed by atoms with Crippen molar-refractivity contribution in [2.24, 2.45) is 0 Å². The number of aryl methyl sites for hydroxylation is 1. The Labute approximate surface area is 123 Å². The van der Waals surface area contributed by atoms with Crippen LogP contribution in [0.1, 0.15) is 5.56 Å². The highest BCUT2D eigenvalue weighted by atomic mass is 32.1. The first-order valence-electron chi connectivity index (χ1n) is 6.91. The van der Waals surface area contributed by atoms with Gasteiger partial charge < -0.3 is 4.98 Å². The van der Waals surface area contributed by atoms with Crippen LogP contribution in [0.15, 0.2) is 40.5 Å². The molecule has 1 N–H and O–H groups in total. The Morgan fingerprint density at radius 2 is 2.10 bits per heavy atom. The topological polar surface area (TPSA) is 50.7 Å². The largest absolute Gasteiger partial charge is 0.352 e. The first kappa shape index (κ1) is 11.3. The smallest absolute Gasteiger partial charge is 0.262 e. The van der Waals surface area contributed by atoms with E-state index in [0.29, 0.717) is 6.54 Å². The molecule has 3 aromatic heterocycles. The highest BCUT2D eigenvalue weighted by Gasteiger charge is 2.23. The number of fused-ring (bicyclic) bond motifs is 6. The van der Waals surface area contributed by atoms with Crippen LogP contribution < -0.4 is 5.56 Å². The van der Waals surface area contributed by atoms with E-state index in [1.807, 2.05) is 23.6 Å². The van der Waals surface area contributed by atoms with Crippen molar-refractivity contribution in [2.75, 3.05) is 0 Å². The van der Waals surface area contributed by atoms with Gasteiger partial charge in [-0.25, -0.2) is 4.98 Å². The van der Waals surface area contributed by atoms with E-state index in [4.69, 9.17) is 4.98 Å². The third-order valence-electron chi connectivity index (χ3n) is 4.21. The van der Waals surface area contributed by atoms with E-state index in [1.165, 1.54) is 22.3 Å². The minimum atomic E-state index is 0.0700. The number of aromatic nitrogens is 3. The summed E-state index contributed by atoms with van der Waals surface area (Å²) >= 11 is 1.52. The van der Waals surface area contributed by atoms with Gasteiger partial charge in [-0.3, -0.25) is 9.36 Å². The maximum Gasteiger partial charge on any atom is 0.262 e. The molecule has 0 fully saturated rings. The molecule has 4 aromatic rings. The summed E-state index contributed by atoms with van der Waals surface area (Å²) in [6, 6.07) is 10.1. The Hall–Kier alpha value is -2.40. The average Bonchev–Trinajstić information content (AvgIpc) is 3.11. The molecule has 0 saturated carbocycles. The number of rotatable bonds is 0. The van der Waals surface area contributed by atoms with Crippen LogP contribution >= 0.6 is 11.3 Å².